The lowest BCUT2D eigenvalue weighted by atomic mass is 9.83. The third-order valence-electron chi connectivity index (χ3n) is 4.08. The van der Waals surface area contributed by atoms with Gasteiger partial charge in [0.25, 0.3) is 0 Å². The smallest absolute Gasteiger partial charge is 0.0810 e. The van der Waals surface area contributed by atoms with Crippen molar-refractivity contribution in [2.24, 2.45) is 5.92 Å². The molecule has 1 saturated carbocycles. The van der Waals surface area contributed by atoms with E-state index in [2.05, 4.69) is 46.9 Å². The molecule has 0 radical (unpaired) electrons. The maximum absolute atomic E-state index is 6.47. The molecule has 18 heavy (non-hydrogen) atoms. The number of rotatable bonds is 5. The second-order valence-corrected chi connectivity index (χ2v) is 7.41. The van der Waals surface area contributed by atoms with Gasteiger partial charge in [-0.3, -0.25) is 0 Å². The van der Waals surface area contributed by atoms with Crippen LogP contribution in [0.2, 0.25) is 0 Å². The Labute approximate surface area is 114 Å². The lowest BCUT2D eigenvalue weighted by Gasteiger charge is -2.42. The summed E-state index contributed by atoms with van der Waals surface area (Å²) >= 11 is 0. The Bertz CT molecular complexity index is 236. The largest absolute Gasteiger partial charge is 0.370 e. The third-order valence-corrected chi connectivity index (χ3v) is 4.08. The monoisotopic (exact) mass is 255 g/mol. The summed E-state index contributed by atoms with van der Waals surface area (Å²) in [7, 11) is 0. The lowest BCUT2D eigenvalue weighted by molar-refractivity contribution is -0.121. The molecule has 1 fully saturated rings. The molecule has 0 aromatic rings. The summed E-state index contributed by atoms with van der Waals surface area (Å²) in [6, 6.07) is 0. The van der Waals surface area contributed by atoms with Crippen molar-refractivity contribution in [3.63, 3.8) is 0 Å². The Morgan fingerprint density at radius 1 is 1.06 bits per heavy atom. The molecule has 1 unspecified atom stereocenters. The van der Waals surface area contributed by atoms with Crippen molar-refractivity contribution in [2.45, 2.75) is 90.9 Å². The summed E-state index contributed by atoms with van der Waals surface area (Å²) in [5.41, 5.74) is 0.254. The van der Waals surface area contributed by atoms with E-state index >= 15 is 0 Å². The molecule has 0 heterocycles. The van der Waals surface area contributed by atoms with Crippen LogP contribution in [0.15, 0.2) is 0 Å². The van der Waals surface area contributed by atoms with Gasteiger partial charge in [0, 0.05) is 12.1 Å². The first-order chi connectivity index (χ1) is 8.24. The molecule has 2 heteroatoms. The summed E-state index contributed by atoms with van der Waals surface area (Å²) in [5, 5.41) is 3.65. The fourth-order valence-electron chi connectivity index (χ4n) is 2.49. The highest BCUT2D eigenvalue weighted by molar-refractivity contribution is 4.90. The molecule has 0 aromatic carbocycles. The van der Waals surface area contributed by atoms with Crippen molar-refractivity contribution < 1.29 is 4.74 Å². The molecule has 1 atom stereocenters. The van der Waals surface area contributed by atoms with Gasteiger partial charge in [0.05, 0.1) is 11.7 Å². The molecule has 108 valence electrons. The molecule has 2 nitrogen and oxygen atoms in total. The number of nitrogens with one attached hydrogen (secondary N) is 1. The average molecular weight is 255 g/mol. The van der Waals surface area contributed by atoms with Crippen molar-refractivity contribution >= 4 is 0 Å². The SMILES string of the molecule is CC(C)C(C)OC1(CNC(C)(C)C)CCCCC1. The topological polar surface area (TPSA) is 21.3 Å². The number of hydrogen-bond donors (Lipinski definition) is 1. The average Bonchev–Trinajstić information content (AvgIpc) is 2.27. The first-order valence-corrected chi connectivity index (χ1v) is 7.67. The highest BCUT2D eigenvalue weighted by Gasteiger charge is 2.35. The van der Waals surface area contributed by atoms with Crippen molar-refractivity contribution in [3.05, 3.63) is 0 Å². The van der Waals surface area contributed by atoms with Crippen molar-refractivity contribution in [2.75, 3.05) is 6.54 Å². The van der Waals surface area contributed by atoms with Crippen LogP contribution in [0.3, 0.4) is 0 Å². The van der Waals surface area contributed by atoms with E-state index in [-0.39, 0.29) is 11.1 Å². The molecule has 0 spiro atoms. The molecule has 0 aromatic heterocycles. The van der Waals surface area contributed by atoms with Gasteiger partial charge in [-0.25, -0.2) is 0 Å². The van der Waals surface area contributed by atoms with Gasteiger partial charge in [-0.15, -0.1) is 0 Å². The molecule has 0 amide bonds. The van der Waals surface area contributed by atoms with E-state index in [4.69, 9.17) is 4.74 Å². The fraction of sp³-hybridized carbons (Fsp3) is 1.00. The van der Waals surface area contributed by atoms with Gasteiger partial charge in [0.15, 0.2) is 0 Å². The second kappa shape index (κ2) is 6.38. The summed E-state index contributed by atoms with van der Waals surface area (Å²) in [6.07, 6.45) is 6.79. The van der Waals surface area contributed by atoms with E-state index in [1.54, 1.807) is 0 Å². The van der Waals surface area contributed by atoms with E-state index < -0.39 is 0 Å². The van der Waals surface area contributed by atoms with Gasteiger partial charge in [0.1, 0.15) is 0 Å². The Morgan fingerprint density at radius 2 is 1.61 bits per heavy atom. The quantitative estimate of drug-likeness (QED) is 0.797. The van der Waals surface area contributed by atoms with Gasteiger partial charge >= 0.3 is 0 Å². The zero-order valence-corrected chi connectivity index (χ0v) is 13.3. The first-order valence-electron chi connectivity index (χ1n) is 7.67. The van der Waals surface area contributed by atoms with E-state index in [1.165, 1.54) is 32.1 Å². The van der Waals surface area contributed by atoms with Gasteiger partial charge < -0.3 is 10.1 Å². The Balaban J connectivity index is 2.63. The molecular weight excluding hydrogens is 222 g/mol. The summed E-state index contributed by atoms with van der Waals surface area (Å²) in [4.78, 5) is 0. The summed E-state index contributed by atoms with van der Waals surface area (Å²) in [5.74, 6) is 0.596. The highest BCUT2D eigenvalue weighted by Crippen LogP contribution is 2.33. The van der Waals surface area contributed by atoms with Gasteiger partial charge in [-0.05, 0) is 46.5 Å². The van der Waals surface area contributed by atoms with Crippen LogP contribution in [0.4, 0.5) is 0 Å². The van der Waals surface area contributed by atoms with Crippen LogP contribution in [0.1, 0.15) is 73.6 Å². The maximum Gasteiger partial charge on any atom is 0.0810 e. The van der Waals surface area contributed by atoms with E-state index in [1.807, 2.05) is 0 Å². The van der Waals surface area contributed by atoms with Crippen molar-refractivity contribution in [3.8, 4) is 0 Å². The standard InChI is InChI=1S/C16H33NO/c1-13(2)14(3)18-16(10-8-7-9-11-16)12-17-15(4,5)6/h13-14,17H,7-12H2,1-6H3. The Morgan fingerprint density at radius 3 is 2.06 bits per heavy atom. The minimum atomic E-state index is 0.0786. The van der Waals surface area contributed by atoms with Crippen LogP contribution in [0.5, 0.6) is 0 Å². The van der Waals surface area contributed by atoms with Crippen LogP contribution < -0.4 is 5.32 Å². The maximum atomic E-state index is 6.47. The molecule has 0 aliphatic heterocycles. The molecular formula is C16H33NO. The molecule has 1 N–H and O–H groups in total. The van der Waals surface area contributed by atoms with Crippen LogP contribution in [0.25, 0.3) is 0 Å². The van der Waals surface area contributed by atoms with Crippen molar-refractivity contribution in [1.82, 2.24) is 5.32 Å². The van der Waals surface area contributed by atoms with Crippen LogP contribution in [-0.2, 0) is 4.74 Å². The van der Waals surface area contributed by atoms with E-state index in [9.17, 15) is 0 Å². The normalized spacial score (nSPS) is 22.2. The fourth-order valence-corrected chi connectivity index (χ4v) is 2.49. The molecule has 0 saturated heterocycles. The molecule has 1 rings (SSSR count). The Hall–Kier alpha value is -0.0800. The number of ether oxygens (including phenoxy) is 1. The second-order valence-electron chi connectivity index (χ2n) is 7.41. The predicted molar refractivity (Wildman–Crippen MR) is 79.0 cm³/mol. The zero-order chi connectivity index (χ0) is 13.8. The molecule has 0 bridgehead atoms. The Kier molecular flexibility index (Phi) is 5.67. The number of hydrogen-bond acceptors (Lipinski definition) is 2. The summed E-state index contributed by atoms with van der Waals surface area (Å²) < 4.78 is 6.47. The van der Waals surface area contributed by atoms with Crippen molar-refractivity contribution in [1.29, 1.82) is 0 Å². The predicted octanol–water partition coefficient (Wildman–Crippen LogP) is 4.14. The van der Waals surface area contributed by atoms with Crippen LogP contribution in [-0.4, -0.2) is 23.8 Å². The van der Waals surface area contributed by atoms with Crippen LogP contribution >= 0.6 is 0 Å². The highest BCUT2D eigenvalue weighted by atomic mass is 16.5. The first kappa shape index (κ1) is 16.0. The van der Waals surface area contributed by atoms with Gasteiger partial charge in [-0.1, -0.05) is 33.1 Å². The van der Waals surface area contributed by atoms with Crippen LogP contribution in [0, 0.1) is 5.92 Å². The zero-order valence-electron chi connectivity index (χ0n) is 13.3. The minimum absolute atomic E-state index is 0.0786. The molecule has 1 aliphatic carbocycles. The lowest BCUT2D eigenvalue weighted by Crippen LogP contribution is -2.51. The minimum Gasteiger partial charge on any atom is -0.370 e. The summed E-state index contributed by atoms with van der Waals surface area (Å²) in [6.45, 7) is 14.4. The van der Waals surface area contributed by atoms with Gasteiger partial charge in [0.2, 0.25) is 0 Å². The molecule has 1 aliphatic rings. The third kappa shape index (κ3) is 5.27. The van der Waals surface area contributed by atoms with E-state index in [0.29, 0.717) is 12.0 Å². The van der Waals surface area contributed by atoms with E-state index in [0.717, 1.165) is 6.54 Å². The van der Waals surface area contributed by atoms with Gasteiger partial charge in [-0.2, -0.15) is 0 Å².